The first-order chi connectivity index (χ1) is 9.74. The zero-order chi connectivity index (χ0) is 13.9. The van der Waals surface area contributed by atoms with Gasteiger partial charge in [0.15, 0.2) is 0 Å². The van der Waals surface area contributed by atoms with Gasteiger partial charge in [0.05, 0.1) is 5.39 Å². The van der Waals surface area contributed by atoms with Gasteiger partial charge in [-0.15, -0.1) is 0 Å². The molecule has 3 rings (SSSR count). The van der Waals surface area contributed by atoms with Crippen molar-refractivity contribution in [3.63, 3.8) is 0 Å². The highest BCUT2D eigenvalue weighted by molar-refractivity contribution is 5.92. The van der Waals surface area contributed by atoms with Gasteiger partial charge in [-0.1, -0.05) is 6.07 Å². The maximum absolute atomic E-state index is 11.2. The number of H-pyrrole nitrogens is 1. The summed E-state index contributed by atoms with van der Waals surface area (Å²) in [5.74, 6) is 5.03. The van der Waals surface area contributed by atoms with E-state index in [0.29, 0.717) is 17.0 Å². The van der Waals surface area contributed by atoms with Crippen LogP contribution in [0.3, 0.4) is 0 Å². The third kappa shape index (κ3) is 2.20. The second-order valence-corrected chi connectivity index (χ2v) is 3.97. The number of primary amides is 1. The number of aromatic nitrogens is 4. The van der Waals surface area contributed by atoms with Gasteiger partial charge >= 0.3 is 0 Å². The second-order valence-electron chi connectivity index (χ2n) is 3.97. The van der Waals surface area contributed by atoms with E-state index in [1.165, 1.54) is 0 Å². The van der Waals surface area contributed by atoms with Crippen molar-refractivity contribution in [2.75, 3.05) is 0 Å². The summed E-state index contributed by atoms with van der Waals surface area (Å²) in [5, 5.41) is 0.735. The van der Waals surface area contributed by atoms with Gasteiger partial charge in [-0.05, 0) is 30.0 Å². The Balaban J connectivity index is 2.13. The van der Waals surface area contributed by atoms with Crippen LogP contribution >= 0.6 is 0 Å². The van der Waals surface area contributed by atoms with Gasteiger partial charge in [0, 0.05) is 12.4 Å². The van der Waals surface area contributed by atoms with Gasteiger partial charge < -0.3 is 10.7 Å². The van der Waals surface area contributed by atoms with Crippen LogP contribution in [0.1, 0.15) is 22.0 Å². The Morgan fingerprint density at radius 3 is 2.85 bits per heavy atom. The van der Waals surface area contributed by atoms with Crippen molar-refractivity contribution in [1.29, 1.82) is 0 Å². The molecule has 3 aromatic rings. The largest absolute Gasteiger partial charge is 0.363 e. The molecule has 0 atom stereocenters. The minimum Gasteiger partial charge on any atom is -0.363 e. The number of nitrogens with zero attached hydrogens (tertiary/aromatic N) is 3. The predicted octanol–water partition coefficient (Wildman–Crippen LogP) is 0.852. The van der Waals surface area contributed by atoms with E-state index in [4.69, 9.17) is 5.73 Å². The normalized spacial score (nSPS) is 10.0. The van der Waals surface area contributed by atoms with E-state index in [-0.39, 0.29) is 5.82 Å². The summed E-state index contributed by atoms with van der Waals surface area (Å²) >= 11 is 0. The molecule has 3 aromatic heterocycles. The van der Waals surface area contributed by atoms with Crippen LogP contribution in [0.5, 0.6) is 0 Å². The molecule has 3 N–H and O–H groups in total. The Morgan fingerprint density at radius 2 is 2.10 bits per heavy atom. The van der Waals surface area contributed by atoms with E-state index in [9.17, 15) is 4.79 Å². The van der Waals surface area contributed by atoms with Gasteiger partial charge in [-0.2, -0.15) is 0 Å². The molecule has 0 aliphatic carbocycles. The zero-order valence-corrected chi connectivity index (χ0v) is 10.3. The molecule has 0 aliphatic rings. The van der Waals surface area contributed by atoms with Gasteiger partial charge in [0.25, 0.3) is 5.91 Å². The fourth-order valence-corrected chi connectivity index (χ4v) is 1.71. The van der Waals surface area contributed by atoms with Crippen LogP contribution in [0, 0.1) is 11.8 Å². The van der Waals surface area contributed by atoms with Crippen LogP contribution in [-0.4, -0.2) is 25.8 Å². The van der Waals surface area contributed by atoms with E-state index < -0.39 is 5.91 Å². The van der Waals surface area contributed by atoms with Crippen molar-refractivity contribution in [1.82, 2.24) is 19.9 Å². The lowest BCUT2D eigenvalue weighted by atomic mass is 10.2. The Bertz CT molecular complexity index is 842. The monoisotopic (exact) mass is 263 g/mol. The average Bonchev–Trinajstić information content (AvgIpc) is 2.94. The summed E-state index contributed by atoms with van der Waals surface area (Å²) in [4.78, 5) is 26.3. The standard InChI is InChI=1S/C14H9N5O/c15-12(20)14-18-11(10-6-8-17-13(10)19-14)5-4-9-3-1-2-7-16-9/h1-3,6-8H,(H2,15,20)(H,17,18,19). The van der Waals surface area contributed by atoms with Crippen LogP contribution in [0.25, 0.3) is 11.0 Å². The van der Waals surface area contributed by atoms with Crippen LogP contribution < -0.4 is 5.73 Å². The lowest BCUT2D eigenvalue weighted by molar-refractivity contribution is 0.0990. The van der Waals surface area contributed by atoms with E-state index in [1.54, 1.807) is 24.5 Å². The first-order valence-corrected chi connectivity index (χ1v) is 5.82. The van der Waals surface area contributed by atoms with Crippen LogP contribution in [0.4, 0.5) is 0 Å². The summed E-state index contributed by atoms with van der Waals surface area (Å²) in [6.07, 6.45) is 3.36. The van der Waals surface area contributed by atoms with Gasteiger partial charge in [0.2, 0.25) is 5.82 Å². The topological polar surface area (TPSA) is 97.5 Å². The first kappa shape index (κ1) is 11.9. The second kappa shape index (κ2) is 4.82. The van der Waals surface area contributed by atoms with Crippen molar-refractivity contribution in [2.45, 2.75) is 0 Å². The number of hydrogen-bond donors (Lipinski definition) is 2. The molecular formula is C14H9N5O. The lowest BCUT2D eigenvalue weighted by Gasteiger charge is -1.97. The van der Waals surface area contributed by atoms with Crippen LogP contribution in [-0.2, 0) is 0 Å². The molecule has 0 saturated heterocycles. The van der Waals surface area contributed by atoms with Crippen LogP contribution in [0.2, 0.25) is 0 Å². The number of rotatable bonds is 1. The fourth-order valence-electron chi connectivity index (χ4n) is 1.71. The predicted molar refractivity (Wildman–Crippen MR) is 72.6 cm³/mol. The Kier molecular flexibility index (Phi) is 2.86. The number of carbonyl (C=O) groups excluding carboxylic acids is 1. The Morgan fingerprint density at radius 1 is 1.20 bits per heavy atom. The maximum Gasteiger partial charge on any atom is 0.286 e. The number of aromatic amines is 1. The number of fused-ring (bicyclic) bond motifs is 1. The highest BCUT2D eigenvalue weighted by Crippen LogP contribution is 2.13. The third-order valence-electron chi connectivity index (χ3n) is 2.61. The molecular weight excluding hydrogens is 254 g/mol. The summed E-state index contributed by atoms with van der Waals surface area (Å²) in [6.45, 7) is 0. The number of carbonyl (C=O) groups is 1. The zero-order valence-electron chi connectivity index (χ0n) is 10.3. The van der Waals surface area contributed by atoms with Crippen LogP contribution in [0.15, 0.2) is 36.7 Å². The minimum atomic E-state index is -0.692. The minimum absolute atomic E-state index is 0.0646. The summed E-state index contributed by atoms with van der Waals surface area (Å²) in [5.41, 5.74) is 6.80. The van der Waals surface area contributed by atoms with Gasteiger partial charge in [-0.3, -0.25) is 4.79 Å². The molecule has 6 heteroatoms. The number of nitrogens with two attached hydrogens (primary N) is 1. The number of pyridine rings is 1. The Hall–Kier alpha value is -3.20. The summed E-state index contributed by atoms with van der Waals surface area (Å²) < 4.78 is 0. The molecule has 0 aliphatic heterocycles. The summed E-state index contributed by atoms with van der Waals surface area (Å²) in [7, 11) is 0. The molecule has 0 radical (unpaired) electrons. The Labute approximate surface area is 114 Å². The molecule has 20 heavy (non-hydrogen) atoms. The average molecular weight is 263 g/mol. The van der Waals surface area contributed by atoms with E-state index >= 15 is 0 Å². The number of hydrogen-bond acceptors (Lipinski definition) is 4. The molecule has 0 unspecified atom stereocenters. The smallest absolute Gasteiger partial charge is 0.286 e. The van der Waals surface area contributed by atoms with Gasteiger partial charge in [-0.25, -0.2) is 15.0 Å². The molecule has 0 aromatic carbocycles. The molecule has 0 fully saturated rings. The molecule has 1 amide bonds. The number of amides is 1. The lowest BCUT2D eigenvalue weighted by Crippen LogP contribution is -2.16. The first-order valence-electron chi connectivity index (χ1n) is 5.82. The maximum atomic E-state index is 11.2. The van der Waals surface area contributed by atoms with Crippen molar-refractivity contribution in [3.8, 4) is 11.8 Å². The van der Waals surface area contributed by atoms with E-state index in [1.807, 2.05) is 12.1 Å². The molecule has 0 saturated carbocycles. The molecule has 3 heterocycles. The molecule has 96 valence electrons. The quantitative estimate of drug-likeness (QED) is 0.636. The molecule has 0 spiro atoms. The summed E-state index contributed by atoms with van der Waals surface area (Å²) in [6, 6.07) is 7.24. The SMILES string of the molecule is NC(=O)c1nc(C#Cc2ccccn2)c2cc[nH]c2n1. The third-order valence-corrected chi connectivity index (χ3v) is 2.61. The fraction of sp³-hybridized carbons (Fsp3) is 0. The van der Waals surface area contributed by atoms with Crippen molar-refractivity contribution < 1.29 is 4.79 Å². The molecule has 0 bridgehead atoms. The van der Waals surface area contributed by atoms with Crippen molar-refractivity contribution >= 4 is 16.9 Å². The van der Waals surface area contributed by atoms with E-state index in [0.717, 1.165) is 5.39 Å². The molecule has 6 nitrogen and oxygen atoms in total. The van der Waals surface area contributed by atoms with E-state index in [2.05, 4.69) is 31.8 Å². The number of nitrogens with one attached hydrogen (secondary N) is 1. The highest BCUT2D eigenvalue weighted by atomic mass is 16.1. The highest BCUT2D eigenvalue weighted by Gasteiger charge is 2.10. The van der Waals surface area contributed by atoms with Gasteiger partial charge in [0.1, 0.15) is 17.0 Å². The van der Waals surface area contributed by atoms with Crippen molar-refractivity contribution in [3.05, 3.63) is 53.9 Å². The van der Waals surface area contributed by atoms with Crippen molar-refractivity contribution in [2.24, 2.45) is 5.73 Å².